The normalized spacial score (nSPS) is 27.0. The monoisotopic (exact) mass is 629 g/mol. The fourth-order valence-corrected chi connectivity index (χ4v) is 7.91. The smallest absolute Gasteiger partial charge is 0.248 e. The second-order valence-electron chi connectivity index (χ2n) is 13.0. The highest BCUT2D eigenvalue weighted by atomic mass is 16.5. The number of amides is 3. The van der Waals surface area contributed by atoms with E-state index in [1.807, 2.05) is 82.3 Å². The van der Waals surface area contributed by atoms with Crippen molar-refractivity contribution in [2.45, 2.75) is 76.3 Å². The largest absolute Gasteiger partial charge is 0.494 e. The summed E-state index contributed by atoms with van der Waals surface area (Å²) in [5.41, 5.74) is -0.597. The van der Waals surface area contributed by atoms with Gasteiger partial charge in [-0.3, -0.25) is 14.4 Å². The summed E-state index contributed by atoms with van der Waals surface area (Å²) in [7, 11) is 0. The average Bonchev–Trinajstić information content (AvgIpc) is 3.62. The molecule has 1 N–H and O–H groups in total. The molecule has 3 heterocycles. The van der Waals surface area contributed by atoms with Crippen LogP contribution in [0.5, 0.6) is 5.75 Å². The molecule has 2 aromatic carbocycles. The van der Waals surface area contributed by atoms with Gasteiger partial charge in [0.25, 0.3) is 0 Å². The predicted molar refractivity (Wildman–Crippen MR) is 177 cm³/mol. The van der Waals surface area contributed by atoms with Crippen LogP contribution in [0.15, 0.2) is 79.9 Å². The van der Waals surface area contributed by atoms with Gasteiger partial charge >= 0.3 is 0 Å². The quantitative estimate of drug-likeness (QED) is 0.311. The summed E-state index contributed by atoms with van der Waals surface area (Å²) in [5, 5.41) is 10.8. The highest BCUT2D eigenvalue weighted by Gasteiger charge is 2.79. The number of fused-ring (bicyclic) bond motifs is 1. The van der Waals surface area contributed by atoms with Gasteiger partial charge in [0, 0.05) is 24.8 Å². The highest BCUT2D eigenvalue weighted by Crippen LogP contribution is 2.64. The fraction of sp³-hybridized carbons (Fsp3) is 0.486. The van der Waals surface area contributed by atoms with Crippen LogP contribution in [-0.2, 0) is 25.5 Å². The molecule has 5 rings (SSSR count). The number of anilines is 1. The molecule has 9 heteroatoms. The van der Waals surface area contributed by atoms with E-state index in [1.54, 1.807) is 26.9 Å². The number of likely N-dealkylation sites (tertiary alicyclic amines) is 1. The molecule has 2 unspecified atom stereocenters. The van der Waals surface area contributed by atoms with E-state index >= 15 is 0 Å². The van der Waals surface area contributed by atoms with Crippen LogP contribution in [-0.4, -0.2) is 88.3 Å². The Morgan fingerprint density at radius 3 is 2.33 bits per heavy atom. The minimum Gasteiger partial charge on any atom is -0.494 e. The first-order chi connectivity index (χ1) is 22.1. The van der Waals surface area contributed by atoms with Crippen LogP contribution in [0.2, 0.25) is 0 Å². The summed E-state index contributed by atoms with van der Waals surface area (Å²) < 4.78 is 12.5. The number of hydrogen-bond donors (Lipinski definition) is 1. The number of nitrogens with zero attached hydrogens (tertiary/aromatic N) is 3. The van der Waals surface area contributed by atoms with E-state index in [0.29, 0.717) is 43.9 Å². The average molecular weight is 630 g/mol. The maximum atomic E-state index is 14.9. The van der Waals surface area contributed by atoms with Gasteiger partial charge in [-0.1, -0.05) is 42.5 Å². The summed E-state index contributed by atoms with van der Waals surface area (Å²) in [6, 6.07) is 15.0. The SMILES string of the molecule is C=CCN(C(=O)[C@H]1[C@H]2C(=O)N([C@@H](CO)Cc3ccccc3)C(C(=O)N(CC=C)C(C)C)C23CC[C@]1(C)O3)c1ccc(OCC)cc1. The molecule has 3 fully saturated rings. The lowest BCUT2D eigenvalue weighted by Gasteiger charge is -2.40. The summed E-state index contributed by atoms with van der Waals surface area (Å²) in [4.78, 5) is 49.1. The van der Waals surface area contributed by atoms with E-state index < -0.39 is 35.1 Å². The van der Waals surface area contributed by atoms with E-state index in [4.69, 9.17) is 9.47 Å². The molecule has 46 heavy (non-hydrogen) atoms. The molecule has 0 aliphatic carbocycles. The third-order valence-electron chi connectivity index (χ3n) is 9.90. The molecule has 3 aliphatic heterocycles. The maximum absolute atomic E-state index is 14.9. The van der Waals surface area contributed by atoms with E-state index in [2.05, 4.69) is 13.2 Å². The topological polar surface area (TPSA) is 99.6 Å². The predicted octanol–water partition coefficient (Wildman–Crippen LogP) is 4.40. The molecule has 2 bridgehead atoms. The summed E-state index contributed by atoms with van der Waals surface area (Å²) in [5.74, 6) is -1.90. The standard InChI is InChI=1S/C37H47N3O6/c1-7-21-38(25(4)5)35(44)32-37-20-19-36(6,46-37)30(33(42)39(22-8-2)27-15-17-29(18-16-27)45-9-3)31(37)34(43)40(32)28(24-41)23-26-13-11-10-12-14-26/h7-8,10-18,25,28,30-32,41H,1-2,9,19-24H2,3-6H3/t28-,30-,31+,32?,36+,37?/m1/s1. The molecule has 9 nitrogen and oxygen atoms in total. The number of benzene rings is 2. The van der Waals surface area contributed by atoms with Gasteiger partial charge in [-0.05, 0) is 76.8 Å². The summed E-state index contributed by atoms with van der Waals surface area (Å²) >= 11 is 0. The van der Waals surface area contributed by atoms with Crippen molar-refractivity contribution in [1.82, 2.24) is 9.80 Å². The van der Waals surface area contributed by atoms with Gasteiger partial charge in [0.05, 0.1) is 36.7 Å². The Bertz CT molecular complexity index is 1440. The molecule has 246 valence electrons. The first-order valence-corrected chi connectivity index (χ1v) is 16.3. The van der Waals surface area contributed by atoms with Crippen molar-refractivity contribution in [2.75, 3.05) is 31.2 Å². The minimum atomic E-state index is -1.22. The van der Waals surface area contributed by atoms with Gasteiger partial charge < -0.3 is 29.3 Å². The number of ether oxygens (including phenoxy) is 2. The Labute approximate surface area is 272 Å². The van der Waals surface area contributed by atoms with Crippen molar-refractivity contribution >= 4 is 23.4 Å². The lowest BCUT2D eigenvalue weighted by Crippen LogP contribution is -2.60. The zero-order valence-electron chi connectivity index (χ0n) is 27.4. The lowest BCUT2D eigenvalue weighted by atomic mass is 9.66. The molecule has 3 aliphatic rings. The number of aliphatic hydroxyl groups excluding tert-OH is 1. The molecule has 6 atom stereocenters. The Morgan fingerprint density at radius 2 is 1.74 bits per heavy atom. The zero-order chi connectivity index (χ0) is 33.2. The van der Waals surface area contributed by atoms with Crippen molar-refractivity contribution in [3.8, 4) is 5.75 Å². The van der Waals surface area contributed by atoms with Gasteiger partial charge in [0.1, 0.15) is 17.4 Å². The Hall–Kier alpha value is -3.95. The van der Waals surface area contributed by atoms with Gasteiger partial charge in [0.2, 0.25) is 17.7 Å². The van der Waals surface area contributed by atoms with E-state index in [9.17, 15) is 19.5 Å². The van der Waals surface area contributed by atoms with Crippen molar-refractivity contribution in [1.29, 1.82) is 0 Å². The van der Waals surface area contributed by atoms with Crippen LogP contribution in [0.1, 0.15) is 46.1 Å². The molecule has 3 saturated heterocycles. The number of carbonyl (C=O) groups excluding carboxylic acids is 3. The number of carbonyl (C=O) groups is 3. The van der Waals surface area contributed by atoms with Crippen molar-refractivity contribution in [2.24, 2.45) is 11.8 Å². The molecule has 0 aromatic heterocycles. The number of aliphatic hydroxyl groups is 1. The first kappa shape index (κ1) is 33.4. The third-order valence-corrected chi connectivity index (χ3v) is 9.90. The zero-order valence-corrected chi connectivity index (χ0v) is 27.4. The third kappa shape index (κ3) is 5.64. The molecule has 1 spiro atoms. The van der Waals surface area contributed by atoms with E-state index in [0.717, 1.165) is 5.56 Å². The first-order valence-electron chi connectivity index (χ1n) is 16.3. The second-order valence-corrected chi connectivity index (χ2v) is 13.0. The van der Waals surface area contributed by atoms with Crippen LogP contribution < -0.4 is 9.64 Å². The van der Waals surface area contributed by atoms with Crippen LogP contribution in [0.25, 0.3) is 0 Å². The Kier molecular flexibility index (Phi) is 9.75. The van der Waals surface area contributed by atoms with E-state index in [1.165, 1.54) is 0 Å². The van der Waals surface area contributed by atoms with Gasteiger partial charge in [-0.25, -0.2) is 0 Å². The summed E-state index contributed by atoms with van der Waals surface area (Å²) in [6.45, 7) is 16.1. The Balaban J connectivity index is 1.60. The van der Waals surface area contributed by atoms with Gasteiger partial charge in [-0.2, -0.15) is 0 Å². The molecule has 2 aromatic rings. The number of hydrogen-bond acceptors (Lipinski definition) is 6. The van der Waals surface area contributed by atoms with Gasteiger partial charge in [0.15, 0.2) is 0 Å². The van der Waals surface area contributed by atoms with Crippen LogP contribution in [0, 0.1) is 11.8 Å². The highest BCUT2D eigenvalue weighted by molar-refractivity contribution is 6.03. The van der Waals surface area contributed by atoms with Crippen LogP contribution in [0.4, 0.5) is 5.69 Å². The fourth-order valence-electron chi connectivity index (χ4n) is 7.91. The molecular weight excluding hydrogens is 582 g/mol. The van der Waals surface area contributed by atoms with E-state index in [-0.39, 0.29) is 36.9 Å². The van der Waals surface area contributed by atoms with Crippen molar-refractivity contribution in [3.05, 3.63) is 85.5 Å². The lowest BCUT2D eigenvalue weighted by molar-refractivity contribution is -0.155. The molecule has 0 radical (unpaired) electrons. The summed E-state index contributed by atoms with van der Waals surface area (Å²) in [6.07, 6.45) is 4.65. The van der Waals surface area contributed by atoms with Crippen LogP contribution >= 0.6 is 0 Å². The van der Waals surface area contributed by atoms with Crippen LogP contribution in [0.3, 0.4) is 0 Å². The second kappa shape index (κ2) is 13.4. The van der Waals surface area contributed by atoms with Crippen molar-refractivity contribution < 1.29 is 29.0 Å². The molecule has 3 amide bonds. The van der Waals surface area contributed by atoms with Gasteiger partial charge in [-0.15, -0.1) is 13.2 Å². The minimum absolute atomic E-state index is 0.172. The number of rotatable bonds is 14. The maximum Gasteiger partial charge on any atom is 0.248 e. The molecule has 0 saturated carbocycles. The Morgan fingerprint density at radius 1 is 1.07 bits per heavy atom. The van der Waals surface area contributed by atoms with Crippen molar-refractivity contribution in [3.63, 3.8) is 0 Å². The molecular formula is C37H47N3O6.